The SMILES string of the molecule is C=C/C=C\C1=C(C)c2ccccc2-c2cc(-c3ccc(N(c4ccc(-c5ccccc5)cc4)c4ccc(-c5ccccc5)cc4)cc3)ccc2N1c1cccc2ccccc12. The zero-order valence-electron chi connectivity index (χ0n) is 34.1. The number of nitrogens with zero attached hydrogens (tertiary/aromatic N) is 2. The van der Waals surface area contributed by atoms with Crippen molar-refractivity contribution >= 4 is 44.8 Å². The first-order valence-corrected chi connectivity index (χ1v) is 20.9. The molecule has 0 saturated heterocycles. The van der Waals surface area contributed by atoms with E-state index in [0.29, 0.717) is 0 Å². The Morgan fingerprint density at radius 1 is 0.410 bits per heavy atom. The van der Waals surface area contributed by atoms with Gasteiger partial charge in [0.25, 0.3) is 0 Å². The predicted molar refractivity (Wildman–Crippen MR) is 261 cm³/mol. The number of rotatable bonds is 9. The van der Waals surface area contributed by atoms with Gasteiger partial charge in [-0.1, -0.05) is 183 Å². The lowest BCUT2D eigenvalue weighted by Gasteiger charge is -2.29. The minimum Gasteiger partial charge on any atom is -0.311 e. The minimum absolute atomic E-state index is 1.09. The third-order valence-corrected chi connectivity index (χ3v) is 11.8. The number of hydrogen-bond acceptors (Lipinski definition) is 2. The second-order valence-electron chi connectivity index (χ2n) is 15.4. The molecule has 9 aromatic carbocycles. The van der Waals surface area contributed by atoms with Crippen molar-refractivity contribution in [3.8, 4) is 44.5 Å². The second-order valence-corrected chi connectivity index (χ2v) is 15.4. The smallest absolute Gasteiger partial charge is 0.0541 e. The van der Waals surface area contributed by atoms with Gasteiger partial charge in [-0.25, -0.2) is 0 Å². The number of benzene rings is 9. The van der Waals surface area contributed by atoms with E-state index in [1.165, 1.54) is 55.3 Å². The molecule has 1 aliphatic heterocycles. The van der Waals surface area contributed by atoms with E-state index in [-0.39, 0.29) is 0 Å². The van der Waals surface area contributed by atoms with Gasteiger partial charge in [-0.05, 0) is 123 Å². The van der Waals surface area contributed by atoms with Gasteiger partial charge in [0.1, 0.15) is 0 Å². The summed E-state index contributed by atoms with van der Waals surface area (Å²) in [4.78, 5) is 4.78. The zero-order valence-corrected chi connectivity index (χ0v) is 34.1. The second kappa shape index (κ2) is 16.4. The van der Waals surface area contributed by atoms with Crippen LogP contribution in [-0.4, -0.2) is 0 Å². The van der Waals surface area contributed by atoms with Crippen molar-refractivity contribution in [2.75, 3.05) is 9.80 Å². The first kappa shape index (κ1) is 37.3. The highest BCUT2D eigenvalue weighted by Gasteiger charge is 2.27. The molecule has 0 N–H and O–H groups in total. The number of fused-ring (bicyclic) bond motifs is 4. The number of hydrogen-bond donors (Lipinski definition) is 0. The summed E-state index contributed by atoms with van der Waals surface area (Å²) in [5.74, 6) is 0. The fourth-order valence-corrected chi connectivity index (χ4v) is 8.75. The summed E-state index contributed by atoms with van der Waals surface area (Å²) in [6.45, 7) is 6.26. The van der Waals surface area contributed by atoms with Gasteiger partial charge in [-0.2, -0.15) is 0 Å². The number of anilines is 5. The topological polar surface area (TPSA) is 6.48 Å². The van der Waals surface area contributed by atoms with Gasteiger partial charge in [-0.3, -0.25) is 0 Å². The highest BCUT2D eigenvalue weighted by molar-refractivity contribution is 6.04. The Balaban J connectivity index is 1.07. The number of allylic oxidation sites excluding steroid dienone is 4. The molecule has 0 saturated carbocycles. The van der Waals surface area contributed by atoms with E-state index in [9.17, 15) is 0 Å². The molecule has 61 heavy (non-hydrogen) atoms. The van der Waals surface area contributed by atoms with Crippen molar-refractivity contribution in [1.82, 2.24) is 0 Å². The Morgan fingerprint density at radius 2 is 0.885 bits per heavy atom. The van der Waals surface area contributed by atoms with Gasteiger partial charge < -0.3 is 9.80 Å². The van der Waals surface area contributed by atoms with E-state index in [0.717, 1.165) is 45.3 Å². The Morgan fingerprint density at radius 3 is 1.48 bits per heavy atom. The summed E-state index contributed by atoms with van der Waals surface area (Å²) in [7, 11) is 0. The third kappa shape index (κ3) is 7.15. The molecule has 0 bridgehead atoms. The molecule has 2 heteroatoms. The molecule has 0 amide bonds. The fourth-order valence-electron chi connectivity index (χ4n) is 8.75. The van der Waals surface area contributed by atoms with E-state index in [4.69, 9.17) is 0 Å². The zero-order chi connectivity index (χ0) is 41.1. The van der Waals surface area contributed by atoms with Crippen LogP contribution in [0.15, 0.2) is 249 Å². The summed E-state index contributed by atoms with van der Waals surface area (Å²) in [5.41, 5.74) is 18.6. The fraction of sp³-hybridized carbons (Fsp3) is 0.0169. The van der Waals surface area contributed by atoms with Crippen LogP contribution in [0.2, 0.25) is 0 Å². The molecule has 1 heterocycles. The molecule has 0 aromatic heterocycles. The van der Waals surface area contributed by atoms with Crippen LogP contribution in [0.25, 0.3) is 60.9 Å². The van der Waals surface area contributed by atoms with Crippen LogP contribution < -0.4 is 9.80 Å². The average Bonchev–Trinajstić information content (AvgIpc) is 3.43. The summed E-state index contributed by atoms with van der Waals surface area (Å²) in [5, 5.41) is 2.41. The van der Waals surface area contributed by atoms with Crippen LogP contribution in [0.5, 0.6) is 0 Å². The molecular formula is C59H44N2. The lowest BCUT2D eigenvalue weighted by Crippen LogP contribution is -2.16. The van der Waals surface area contributed by atoms with E-state index < -0.39 is 0 Å². The largest absolute Gasteiger partial charge is 0.311 e. The lowest BCUT2D eigenvalue weighted by atomic mass is 9.92. The molecule has 290 valence electrons. The summed E-state index contributed by atoms with van der Waals surface area (Å²) in [6.07, 6.45) is 6.09. The Bertz CT molecular complexity index is 2980. The van der Waals surface area contributed by atoms with Gasteiger partial charge in [0.2, 0.25) is 0 Å². The Kier molecular flexibility index (Phi) is 10.0. The molecule has 0 aliphatic carbocycles. The van der Waals surface area contributed by atoms with E-state index >= 15 is 0 Å². The lowest BCUT2D eigenvalue weighted by molar-refractivity contribution is 1.23. The molecule has 9 aromatic rings. The van der Waals surface area contributed by atoms with Gasteiger partial charge >= 0.3 is 0 Å². The van der Waals surface area contributed by atoms with Crippen LogP contribution in [0.4, 0.5) is 28.4 Å². The molecule has 0 radical (unpaired) electrons. The molecule has 0 unspecified atom stereocenters. The highest BCUT2D eigenvalue weighted by Crippen LogP contribution is 2.49. The summed E-state index contributed by atoms with van der Waals surface area (Å²) in [6, 6.07) is 78.9. The Hall–Kier alpha value is -7.94. The highest BCUT2D eigenvalue weighted by atomic mass is 15.2. The minimum atomic E-state index is 1.09. The third-order valence-electron chi connectivity index (χ3n) is 11.8. The summed E-state index contributed by atoms with van der Waals surface area (Å²) >= 11 is 0. The maximum Gasteiger partial charge on any atom is 0.0541 e. The van der Waals surface area contributed by atoms with Crippen molar-refractivity contribution in [3.05, 3.63) is 254 Å². The van der Waals surface area contributed by atoms with Crippen LogP contribution in [-0.2, 0) is 0 Å². The molecule has 2 nitrogen and oxygen atoms in total. The molecule has 0 atom stereocenters. The predicted octanol–water partition coefficient (Wildman–Crippen LogP) is 16.6. The van der Waals surface area contributed by atoms with Crippen molar-refractivity contribution in [2.24, 2.45) is 0 Å². The van der Waals surface area contributed by atoms with Crippen molar-refractivity contribution in [1.29, 1.82) is 0 Å². The normalized spacial score (nSPS) is 12.2. The maximum absolute atomic E-state index is 4.03. The molecule has 0 fully saturated rings. The molecule has 0 spiro atoms. The van der Waals surface area contributed by atoms with Crippen LogP contribution in [0, 0.1) is 0 Å². The van der Waals surface area contributed by atoms with E-state index in [1.54, 1.807) is 0 Å². The molecule has 1 aliphatic rings. The summed E-state index contributed by atoms with van der Waals surface area (Å²) < 4.78 is 0. The van der Waals surface area contributed by atoms with Crippen LogP contribution in [0.1, 0.15) is 12.5 Å². The standard InChI is InChI=1S/C59H44N2/c1-3-4-25-57-42(2)53-22-13-14-24-55(53)56-41-49(33-40-59(56)61(57)58-26-15-21-48-20-11-12-23-54(48)58)47-31-38-52(39-32-47)60(50-34-27-45(28-35-50)43-16-7-5-8-17-43)51-36-29-46(30-37-51)44-18-9-6-10-19-44/h3-41H,1H2,2H3/b25-4-. The average molecular weight is 781 g/mol. The van der Waals surface area contributed by atoms with Crippen molar-refractivity contribution < 1.29 is 0 Å². The first-order valence-electron chi connectivity index (χ1n) is 20.9. The van der Waals surface area contributed by atoms with Gasteiger partial charge in [-0.15, -0.1) is 0 Å². The Labute approximate surface area is 359 Å². The van der Waals surface area contributed by atoms with Crippen molar-refractivity contribution in [2.45, 2.75) is 6.92 Å². The van der Waals surface area contributed by atoms with Gasteiger partial charge in [0.05, 0.1) is 11.4 Å². The van der Waals surface area contributed by atoms with Crippen LogP contribution in [0.3, 0.4) is 0 Å². The monoisotopic (exact) mass is 780 g/mol. The van der Waals surface area contributed by atoms with E-state index in [1.807, 2.05) is 12.2 Å². The maximum atomic E-state index is 4.03. The van der Waals surface area contributed by atoms with Gasteiger partial charge in [0.15, 0.2) is 0 Å². The first-order chi connectivity index (χ1) is 30.1. The van der Waals surface area contributed by atoms with E-state index in [2.05, 4.69) is 248 Å². The van der Waals surface area contributed by atoms with Gasteiger partial charge in [0, 0.05) is 33.7 Å². The van der Waals surface area contributed by atoms with Crippen LogP contribution >= 0.6 is 0 Å². The molecular weight excluding hydrogens is 737 g/mol. The van der Waals surface area contributed by atoms with Crippen molar-refractivity contribution in [3.63, 3.8) is 0 Å². The quantitative estimate of drug-likeness (QED) is 0.135. The molecule has 10 rings (SSSR count).